The van der Waals surface area contributed by atoms with Gasteiger partial charge in [0.05, 0.1) is 0 Å². The molecule has 0 bridgehead atoms. The van der Waals surface area contributed by atoms with Crippen molar-refractivity contribution in [2.45, 2.75) is 20.0 Å². The quantitative estimate of drug-likeness (QED) is 0.722. The number of hydrogen-bond donors (Lipinski definition) is 1. The molecule has 0 heterocycles. The fourth-order valence-corrected chi connectivity index (χ4v) is 2.81. The zero-order valence-corrected chi connectivity index (χ0v) is 12.1. The largest absolute Gasteiger partial charge is 0.384 e. The number of hydrogen-bond acceptors (Lipinski definition) is 1. The maximum atomic E-state index is 13.7. The van der Waals surface area contributed by atoms with E-state index in [1.165, 1.54) is 0 Å². The van der Waals surface area contributed by atoms with Gasteiger partial charge in [0.25, 0.3) is 0 Å². The highest BCUT2D eigenvalue weighted by molar-refractivity contribution is 5.86. The third-order valence-corrected chi connectivity index (χ3v) is 3.89. The second-order valence-corrected chi connectivity index (χ2v) is 5.44. The zero-order valence-electron chi connectivity index (χ0n) is 12.1. The van der Waals surface area contributed by atoms with Gasteiger partial charge in [-0.2, -0.15) is 0 Å². The number of aliphatic hydroxyl groups excluding tert-OH is 1. The van der Waals surface area contributed by atoms with E-state index >= 15 is 0 Å². The standard InChI is InChI=1S/C19H17FO/c1-12-10-15(11-13(2)18(12)20)19(21)17-9-5-7-14-6-3-4-8-16(14)17/h3-11,19,21H,1-2H3. The van der Waals surface area contributed by atoms with Crippen LogP contribution in [0, 0.1) is 19.7 Å². The molecule has 2 heteroatoms. The van der Waals surface area contributed by atoms with Crippen molar-refractivity contribution in [3.05, 3.63) is 82.7 Å². The van der Waals surface area contributed by atoms with Gasteiger partial charge in [-0.05, 0) is 46.9 Å². The van der Waals surface area contributed by atoms with Crippen LogP contribution in [-0.4, -0.2) is 5.11 Å². The van der Waals surface area contributed by atoms with Gasteiger partial charge in [-0.15, -0.1) is 0 Å². The van der Waals surface area contributed by atoms with E-state index in [2.05, 4.69) is 0 Å². The summed E-state index contributed by atoms with van der Waals surface area (Å²) in [6, 6.07) is 17.3. The predicted octanol–water partition coefficient (Wildman–Crippen LogP) is 4.68. The highest BCUT2D eigenvalue weighted by Crippen LogP contribution is 2.30. The number of aliphatic hydroxyl groups is 1. The van der Waals surface area contributed by atoms with Crippen molar-refractivity contribution in [1.82, 2.24) is 0 Å². The van der Waals surface area contributed by atoms with Gasteiger partial charge in [0, 0.05) is 0 Å². The highest BCUT2D eigenvalue weighted by atomic mass is 19.1. The lowest BCUT2D eigenvalue weighted by atomic mass is 9.94. The molecule has 1 nitrogen and oxygen atoms in total. The minimum atomic E-state index is -0.755. The highest BCUT2D eigenvalue weighted by Gasteiger charge is 2.15. The molecule has 0 spiro atoms. The summed E-state index contributed by atoms with van der Waals surface area (Å²) >= 11 is 0. The summed E-state index contributed by atoms with van der Waals surface area (Å²) in [7, 11) is 0. The fourth-order valence-electron chi connectivity index (χ4n) is 2.81. The van der Waals surface area contributed by atoms with Gasteiger partial charge in [0.2, 0.25) is 0 Å². The molecular formula is C19H17FO. The molecule has 1 N–H and O–H groups in total. The second kappa shape index (κ2) is 5.30. The average Bonchev–Trinajstić information content (AvgIpc) is 2.51. The van der Waals surface area contributed by atoms with Gasteiger partial charge >= 0.3 is 0 Å². The van der Waals surface area contributed by atoms with E-state index in [-0.39, 0.29) is 5.82 Å². The molecule has 3 aromatic rings. The first-order chi connectivity index (χ1) is 10.1. The zero-order chi connectivity index (χ0) is 15.0. The molecule has 0 saturated carbocycles. The van der Waals surface area contributed by atoms with Crippen molar-refractivity contribution in [3.8, 4) is 0 Å². The Bertz CT molecular complexity index is 779. The lowest BCUT2D eigenvalue weighted by Gasteiger charge is -2.16. The lowest BCUT2D eigenvalue weighted by molar-refractivity contribution is 0.221. The Morgan fingerprint density at radius 2 is 1.52 bits per heavy atom. The summed E-state index contributed by atoms with van der Waals surface area (Å²) in [6.45, 7) is 3.45. The molecule has 21 heavy (non-hydrogen) atoms. The number of aryl methyl sites for hydroxylation is 2. The van der Waals surface area contributed by atoms with Crippen LogP contribution >= 0.6 is 0 Å². The summed E-state index contributed by atoms with van der Waals surface area (Å²) in [6.07, 6.45) is -0.755. The Hall–Kier alpha value is -2.19. The molecule has 0 amide bonds. The smallest absolute Gasteiger partial charge is 0.129 e. The first kappa shape index (κ1) is 13.8. The second-order valence-electron chi connectivity index (χ2n) is 5.44. The average molecular weight is 280 g/mol. The van der Waals surface area contributed by atoms with Crippen LogP contribution < -0.4 is 0 Å². The predicted molar refractivity (Wildman–Crippen MR) is 83.9 cm³/mol. The molecular weight excluding hydrogens is 263 g/mol. The van der Waals surface area contributed by atoms with Gasteiger partial charge in [-0.25, -0.2) is 4.39 Å². The fraction of sp³-hybridized carbons (Fsp3) is 0.158. The van der Waals surface area contributed by atoms with Crippen LogP contribution in [0.5, 0.6) is 0 Å². The van der Waals surface area contributed by atoms with Crippen molar-refractivity contribution in [3.63, 3.8) is 0 Å². The van der Waals surface area contributed by atoms with Gasteiger partial charge in [-0.1, -0.05) is 54.6 Å². The van der Waals surface area contributed by atoms with Crippen LogP contribution in [0.1, 0.15) is 28.4 Å². The minimum Gasteiger partial charge on any atom is -0.384 e. The first-order valence-electron chi connectivity index (χ1n) is 7.00. The number of benzene rings is 3. The third-order valence-electron chi connectivity index (χ3n) is 3.89. The van der Waals surface area contributed by atoms with E-state index in [9.17, 15) is 9.50 Å². The summed E-state index contributed by atoms with van der Waals surface area (Å²) in [5, 5.41) is 12.8. The molecule has 0 saturated heterocycles. The minimum absolute atomic E-state index is 0.205. The molecule has 1 atom stereocenters. The van der Waals surface area contributed by atoms with E-state index < -0.39 is 6.10 Å². The Labute approximate surface area is 123 Å². The summed E-state index contributed by atoms with van der Waals surface area (Å²) in [4.78, 5) is 0. The molecule has 0 aromatic heterocycles. The summed E-state index contributed by atoms with van der Waals surface area (Å²) in [5.41, 5.74) is 2.69. The van der Waals surface area contributed by atoms with E-state index in [0.717, 1.165) is 21.9 Å². The molecule has 0 aliphatic carbocycles. The molecule has 3 aromatic carbocycles. The molecule has 0 fully saturated rings. The topological polar surface area (TPSA) is 20.2 Å². The van der Waals surface area contributed by atoms with Gasteiger partial charge < -0.3 is 5.11 Å². The Morgan fingerprint density at radius 3 is 2.24 bits per heavy atom. The van der Waals surface area contributed by atoms with Crippen molar-refractivity contribution < 1.29 is 9.50 Å². The number of rotatable bonds is 2. The Balaban J connectivity index is 2.15. The van der Waals surface area contributed by atoms with Gasteiger partial charge in [0.15, 0.2) is 0 Å². The van der Waals surface area contributed by atoms with E-state index in [1.54, 1.807) is 26.0 Å². The van der Waals surface area contributed by atoms with Crippen molar-refractivity contribution >= 4 is 10.8 Å². The molecule has 0 aliphatic rings. The maximum Gasteiger partial charge on any atom is 0.129 e. The molecule has 3 rings (SSSR count). The van der Waals surface area contributed by atoms with Crippen LogP contribution in [0.4, 0.5) is 4.39 Å². The Morgan fingerprint density at radius 1 is 0.905 bits per heavy atom. The van der Waals surface area contributed by atoms with E-state index in [0.29, 0.717) is 11.1 Å². The van der Waals surface area contributed by atoms with Gasteiger partial charge in [0.1, 0.15) is 11.9 Å². The van der Waals surface area contributed by atoms with Gasteiger partial charge in [-0.3, -0.25) is 0 Å². The van der Waals surface area contributed by atoms with Crippen molar-refractivity contribution in [2.75, 3.05) is 0 Å². The first-order valence-corrected chi connectivity index (χ1v) is 7.00. The van der Waals surface area contributed by atoms with Crippen LogP contribution in [-0.2, 0) is 0 Å². The van der Waals surface area contributed by atoms with E-state index in [1.807, 2.05) is 42.5 Å². The van der Waals surface area contributed by atoms with Crippen molar-refractivity contribution in [2.24, 2.45) is 0 Å². The monoisotopic (exact) mass is 280 g/mol. The summed E-state index contributed by atoms with van der Waals surface area (Å²) in [5.74, 6) is -0.205. The van der Waals surface area contributed by atoms with Crippen molar-refractivity contribution in [1.29, 1.82) is 0 Å². The lowest BCUT2D eigenvalue weighted by Crippen LogP contribution is -2.03. The molecule has 0 aliphatic heterocycles. The third kappa shape index (κ3) is 2.43. The van der Waals surface area contributed by atoms with Crippen LogP contribution in [0.15, 0.2) is 54.6 Å². The van der Waals surface area contributed by atoms with Crippen LogP contribution in [0.25, 0.3) is 10.8 Å². The SMILES string of the molecule is Cc1cc(C(O)c2cccc3ccccc23)cc(C)c1F. The van der Waals surface area contributed by atoms with Crippen LogP contribution in [0.3, 0.4) is 0 Å². The normalized spacial score (nSPS) is 12.6. The molecule has 0 radical (unpaired) electrons. The molecule has 1 unspecified atom stereocenters. The van der Waals surface area contributed by atoms with E-state index in [4.69, 9.17) is 0 Å². The molecule has 106 valence electrons. The summed E-state index contributed by atoms with van der Waals surface area (Å²) < 4.78 is 13.7. The number of halogens is 1. The van der Waals surface area contributed by atoms with Crippen LogP contribution in [0.2, 0.25) is 0 Å². The number of fused-ring (bicyclic) bond motifs is 1. The maximum absolute atomic E-state index is 13.7. The Kier molecular flexibility index (Phi) is 3.48.